The third-order valence-corrected chi connectivity index (χ3v) is 4.05. The van der Waals surface area contributed by atoms with Crippen LogP contribution in [0, 0.1) is 12.7 Å². The lowest BCUT2D eigenvalue weighted by Gasteiger charge is -2.27. The third kappa shape index (κ3) is 4.14. The second-order valence-electron chi connectivity index (χ2n) is 5.95. The Kier molecular flexibility index (Phi) is 4.97. The Morgan fingerprint density at radius 1 is 1.48 bits per heavy atom. The molecule has 2 aromatic rings. The average molecular weight is 346 g/mol. The molecule has 0 radical (unpaired) electrons. The second kappa shape index (κ2) is 7.33. The molecule has 1 aromatic carbocycles. The molecular weight excluding hydrogens is 327 g/mol. The van der Waals surface area contributed by atoms with Gasteiger partial charge in [0.25, 0.3) is 5.91 Å². The van der Waals surface area contributed by atoms with Crippen LogP contribution in [-0.2, 0) is 6.42 Å². The van der Waals surface area contributed by atoms with Gasteiger partial charge in [0.15, 0.2) is 5.69 Å². The number of aryl methyl sites for hydroxylation is 1. The van der Waals surface area contributed by atoms with E-state index in [1.165, 1.54) is 12.1 Å². The van der Waals surface area contributed by atoms with Gasteiger partial charge in [-0.2, -0.15) is 0 Å². The molecule has 1 saturated heterocycles. The lowest BCUT2D eigenvalue weighted by atomic mass is 10.0. The van der Waals surface area contributed by atoms with Crippen LogP contribution in [0.1, 0.15) is 21.8 Å². The Labute approximate surface area is 144 Å². The maximum Gasteiger partial charge on any atom is 0.317 e. The predicted octanol–water partition coefficient (Wildman–Crippen LogP) is 1.49. The number of carbonyl (C=O) groups is 2. The first-order valence-electron chi connectivity index (χ1n) is 8.03. The van der Waals surface area contributed by atoms with E-state index in [1.54, 1.807) is 30.0 Å². The number of benzene rings is 1. The molecule has 2 heterocycles. The number of carbonyl (C=O) groups excluding carboxylic acids is 2. The molecule has 1 fully saturated rings. The van der Waals surface area contributed by atoms with Crippen molar-refractivity contribution in [2.24, 2.45) is 0 Å². The fraction of sp³-hybridized carbons (Fsp3) is 0.353. The molecule has 8 heteroatoms. The summed E-state index contributed by atoms with van der Waals surface area (Å²) in [4.78, 5) is 25.8. The molecule has 0 saturated carbocycles. The molecule has 1 atom stereocenters. The standard InChI is InChI=1S/C17H19FN4O3/c1-11-7-15(21-25-11)16(23)20-10-14(22-6-5-19-17(22)24)9-12-3-2-4-13(18)8-12/h2-4,7-8,14H,5-6,9-10H2,1H3,(H,19,24)(H,20,23). The van der Waals surface area contributed by atoms with Crippen LogP contribution in [-0.4, -0.2) is 47.7 Å². The molecule has 1 aliphatic heterocycles. The van der Waals surface area contributed by atoms with Crippen LogP contribution in [0.2, 0.25) is 0 Å². The van der Waals surface area contributed by atoms with Crippen molar-refractivity contribution >= 4 is 11.9 Å². The van der Waals surface area contributed by atoms with Gasteiger partial charge >= 0.3 is 6.03 Å². The molecule has 1 aliphatic rings. The van der Waals surface area contributed by atoms with Gasteiger partial charge in [0.05, 0.1) is 6.04 Å². The molecule has 1 aromatic heterocycles. The minimum Gasteiger partial charge on any atom is -0.361 e. The monoisotopic (exact) mass is 346 g/mol. The Balaban J connectivity index is 1.70. The van der Waals surface area contributed by atoms with E-state index in [-0.39, 0.29) is 36.0 Å². The van der Waals surface area contributed by atoms with Crippen molar-refractivity contribution in [2.45, 2.75) is 19.4 Å². The summed E-state index contributed by atoms with van der Waals surface area (Å²) in [6.07, 6.45) is 0.434. The number of amides is 3. The highest BCUT2D eigenvalue weighted by Crippen LogP contribution is 2.13. The number of nitrogens with one attached hydrogen (secondary N) is 2. The van der Waals surface area contributed by atoms with Crippen molar-refractivity contribution in [1.82, 2.24) is 20.7 Å². The number of hydrogen-bond acceptors (Lipinski definition) is 4. The van der Waals surface area contributed by atoms with Crippen molar-refractivity contribution < 1.29 is 18.5 Å². The lowest BCUT2D eigenvalue weighted by Crippen LogP contribution is -2.46. The van der Waals surface area contributed by atoms with Gasteiger partial charge in [-0.1, -0.05) is 17.3 Å². The molecule has 132 valence electrons. The lowest BCUT2D eigenvalue weighted by molar-refractivity contribution is 0.0931. The van der Waals surface area contributed by atoms with E-state index in [1.807, 2.05) is 0 Å². The first-order chi connectivity index (χ1) is 12.0. The molecule has 0 bridgehead atoms. The zero-order valence-electron chi connectivity index (χ0n) is 13.8. The average Bonchev–Trinajstić information content (AvgIpc) is 3.20. The highest BCUT2D eigenvalue weighted by atomic mass is 19.1. The predicted molar refractivity (Wildman–Crippen MR) is 87.6 cm³/mol. The van der Waals surface area contributed by atoms with Gasteiger partial charge in [-0.3, -0.25) is 4.79 Å². The van der Waals surface area contributed by atoms with E-state index in [2.05, 4.69) is 15.8 Å². The van der Waals surface area contributed by atoms with Crippen molar-refractivity contribution in [3.05, 3.63) is 53.2 Å². The maximum absolute atomic E-state index is 13.4. The molecule has 25 heavy (non-hydrogen) atoms. The molecule has 2 N–H and O–H groups in total. The molecule has 0 spiro atoms. The van der Waals surface area contributed by atoms with Gasteiger partial charge in [0.1, 0.15) is 11.6 Å². The van der Waals surface area contributed by atoms with E-state index in [4.69, 9.17) is 4.52 Å². The van der Waals surface area contributed by atoms with E-state index >= 15 is 0 Å². The number of nitrogens with zero attached hydrogens (tertiary/aromatic N) is 2. The highest BCUT2D eigenvalue weighted by molar-refractivity contribution is 5.92. The van der Waals surface area contributed by atoms with Gasteiger partial charge < -0.3 is 20.1 Å². The number of rotatable bonds is 6. The number of aromatic nitrogens is 1. The number of halogens is 1. The number of hydrogen-bond donors (Lipinski definition) is 2. The van der Waals surface area contributed by atoms with Crippen molar-refractivity contribution in [2.75, 3.05) is 19.6 Å². The fourth-order valence-electron chi connectivity index (χ4n) is 2.84. The third-order valence-electron chi connectivity index (χ3n) is 4.05. The summed E-state index contributed by atoms with van der Waals surface area (Å²) in [5.74, 6) is -0.162. The highest BCUT2D eigenvalue weighted by Gasteiger charge is 2.28. The van der Waals surface area contributed by atoms with Crippen LogP contribution in [0.3, 0.4) is 0 Å². The summed E-state index contributed by atoms with van der Waals surface area (Å²) in [5, 5.41) is 9.18. The summed E-state index contributed by atoms with van der Waals surface area (Å²) in [6, 6.07) is 7.29. The summed E-state index contributed by atoms with van der Waals surface area (Å²) < 4.78 is 18.3. The smallest absolute Gasteiger partial charge is 0.317 e. The van der Waals surface area contributed by atoms with Gasteiger partial charge in [0, 0.05) is 25.7 Å². The topological polar surface area (TPSA) is 87.5 Å². The minimum atomic E-state index is -0.374. The van der Waals surface area contributed by atoms with E-state index in [0.717, 1.165) is 5.56 Å². The summed E-state index contributed by atoms with van der Waals surface area (Å²) in [6.45, 7) is 3.02. The first-order valence-corrected chi connectivity index (χ1v) is 8.03. The summed E-state index contributed by atoms with van der Waals surface area (Å²) in [5.41, 5.74) is 0.948. The first kappa shape index (κ1) is 16.9. The Morgan fingerprint density at radius 2 is 2.32 bits per heavy atom. The van der Waals surface area contributed by atoms with Gasteiger partial charge in [0.2, 0.25) is 0 Å². The van der Waals surface area contributed by atoms with Crippen LogP contribution in [0.25, 0.3) is 0 Å². The molecule has 0 aliphatic carbocycles. The zero-order chi connectivity index (χ0) is 17.8. The van der Waals surface area contributed by atoms with Crippen LogP contribution in [0.15, 0.2) is 34.9 Å². The minimum absolute atomic E-state index is 0.187. The normalized spacial score (nSPS) is 15.1. The Morgan fingerprint density at radius 3 is 2.96 bits per heavy atom. The number of urea groups is 1. The van der Waals surface area contributed by atoms with E-state index in [0.29, 0.717) is 25.3 Å². The largest absolute Gasteiger partial charge is 0.361 e. The maximum atomic E-state index is 13.4. The summed E-state index contributed by atoms with van der Waals surface area (Å²) in [7, 11) is 0. The van der Waals surface area contributed by atoms with Gasteiger partial charge in [-0.15, -0.1) is 0 Å². The second-order valence-corrected chi connectivity index (χ2v) is 5.95. The molecule has 1 unspecified atom stereocenters. The van der Waals surface area contributed by atoms with Gasteiger partial charge in [-0.25, -0.2) is 9.18 Å². The van der Waals surface area contributed by atoms with Crippen LogP contribution >= 0.6 is 0 Å². The van der Waals surface area contributed by atoms with Crippen LogP contribution in [0.4, 0.5) is 9.18 Å². The molecule has 7 nitrogen and oxygen atoms in total. The van der Waals surface area contributed by atoms with E-state index < -0.39 is 0 Å². The Bertz CT molecular complexity index is 777. The van der Waals surface area contributed by atoms with Crippen molar-refractivity contribution in [1.29, 1.82) is 0 Å². The summed E-state index contributed by atoms with van der Waals surface area (Å²) >= 11 is 0. The molecule has 3 amide bonds. The molecular formula is C17H19FN4O3. The van der Waals surface area contributed by atoms with Crippen molar-refractivity contribution in [3.8, 4) is 0 Å². The fourth-order valence-corrected chi connectivity index (χ4v) is 2.84. The SMILES string of the molecule is Cc1cc(C(=O)NCC(Cc2cccc(F)c2)N2CCNC2=O)no1. The van der Waals surface area contributed by atoms with Crippen molar-refractivity contribution in [3.63, 3.8) is 0 Å². The quantitative estimate of drug-likeness (QED) is 0.830. The zero-order valence-corrected chi connectivity index (χ0v) is 13.8. The van der Waals surface area contributed by atoms with E-state index in [9.17, 15) is 14.0 Å². The van der Waals surface area contributed by atoms with Crippen LogP contribution in [0.5, 0.6) is 0 Å². The Hall–Kier alpha value is -2.90. The molecule has 3 rings (SSSR count). The van der Waals surface area contributed by atoms with Crippen LogP contribution < -0.4 is 10.6 Å². The van der Waals surface area contributed by atoms with Gasteiger partial charge in [-0.05, 0) is 31.0 Å².